The topological polar surface area (TPSA) is 321 Å². The number of hydrogen-bond donors (Lipinski definition) is 7. The predicted octanol–water partition coefficient (Wildman–Crippen LogP) is 3.16. The van der Waals surface area contributed by atoms with Crippen LogP contribution in [-0.2, 0) is 51.4 Å². The third kappa shape index (κ3) is 9.87. The van der Waals surface area contributed by atoms with E-state index in [1.165, 1.54) is 6.20 Å². The number of aliphatic hydroxyl groups excluding tert-OH is 2. The van der Waals surface area contributed by atoms with E-state index in [1.54, 1.807) is 30.3 Å². The summed E-state index contributed by atoms with van der Waals surface area (Å²) < 4.78 is 77.6. The molecule has 0 radical (unpaired) electrons. The molecule has 51 heavy (non-hydrogen) atoms. The number of nitrogens with one attached hydrogen (secondary N) is 1. The Kier molecular flexibility index (Phi) is 11.6. The molecule has 3 aliphatic heterocycles. The lowest BCUT2D eigenvalue weighted by molar-refractivity contribution is -0.384. The van der Waals surface area contributed by atoms with E-state index in [2.05, 4.69) is 38.7 Å². The van der Waals surface area contributed by atoms with Crippen LogP contribution < -0.4 is 5.32 Å². The normalized spacial score (nSPS) is 27.8. The van der Waals surface area contributed by atoms with Gasteiger partial charge in [-0.15, -0.1) is 0 Å². The number of fused-ring (bicyclic) bond motifs is 1. The summed E-state index contributed by atoms with van der Waals surface area (Å²) in [6, 6.07) is 10.2. The molecule has 9 unspecified atom stereocenters. The number of carbonyl (C=O) groups excluding carboxylic acids is 1. The molecule has 22 nitrogen and oxygen atoms in total. The number of nitro groups is 1. The van der Waals surface area contributed by atoms with Gasteiger partial charge in [-0.3, -0.25) is 29.4 Å². The SMILES string of the molecule is O=C1NC2OC(c3ccccc3Br)=CC2=CN1C1OC(COP(=O)(O)OP(=O)(O)OP(=O)(O)OP(=O)(O)Cc2ccc([N+](=O)[O-])cc2)C(O)C1O. The summed E-state index contributed by atoms with van der Waals surface area (Å²) in [6.45, 7) is -1.14. The van der Waals surface area contributed by atoms with Crippen LogP contribution in [0.4, 0.5) is 10.5 Å². The van der Waals surface area contributed by atoms with Crippen molar-refractivity contribution in [1.29, 1.82) is 0 Å². The third-order valence-corrected chi connectivity index (χ3v) is 14.0. The predicted molar refractivity (Wildman–Crippen MR) is 171 cm³/mol. The van der Waals surface area contributed by atoms with Crippen LogP contribution in [0.5, 0.6) is 0 Å². The minimum absolute atomic E-state index is 0.0939. The van der Waals surface area contributed by atoms with Gasteiger partial charge in [0, 0.05) is 33.9 Å². The molecule has 3 aliphatic rings. The summed E-state index contributed by atoms with van der Waals surface area (Å²) in [5.41, 5.74) is 0.626. The lowest BCUT2D eigenvalue weighted by atomic mass is 10.1. The summed E-state index contributed by atoms with van der Waals surface area (Å²) in [6.07, 6.45) is -5.99. The van der Waals surface area contributed by atoms with Crippen LogP contribution in [0.15, 0.2) is 70.9 Å². The van der Waals surface area contributed by atoms with Crippen LogP contribution in [0.1, 0.15) is 11.1 Å². The highest BCUT2D eigenvalue weighted by Gasteiger charge is 2.50. The molecule has 1 fully saturated rings. The van der Waals surface area contributed by atoms with Crippen molar-refractivity contribution in [2.24, 2.45) is 0 Å². The Labute approximate surface area is 294 Å². The molecule has 7 N–H and O–H groups in total. The highest BCUT2D eigenvalue weighted by Crippen LogP contribution is 2.71. The lowest BCUT2D eigenvalue weighted by Crippen LogP contribution is -2.54. The summed E-state index contributed by atoms with van der Waals surface area (Å²) in [4.78, 5) is 63.3. The van der Waals surface area contributed by atoms with Gasteiger partial charge < -0.3 is 39.3 Å². The second-order valence-electron chi connectivity index (χ2n) is 10.7. The fourth-order valence-electron chi connectivity index (χ4n) is 4.79. The average molecular weight is 864 g/mol. The summed E-state index contributed by atoms with van der Waals surface area (Å²) in [5, 5.41) is 34.4. The van der Waals surface area contributed by atoms with E-state index in [9.17, 15) is 63.0 Å². The van der Waals surface area contributed by atoms with Crippen molar-refractivity contribution in [3.05, 3.63) is 92.1 Å². The van der Waals surface area contributed by atoms with E-state index >= 15 is 0 Å². The van der Waals surface area contributed by atoms with Gasteiger partial charge in [0.05, 0.1) is 17.7 Å². The fourth-order valence-corrected chi connectivity index (χ4v) is 10.9. The quantitative estimate of drug-likeness (QED) is 0.0814. The van der Waals surface area contributed by atoms with E-state index in [-0.39, 0.29) is 11.3 Å². The van der Waals surface area contributed by atoms with Gasteiger partial charge in [-0.2, -0.15) is 8.62 Å². The second kappa shape index (κ2) is 15.0. The Morgan fingerprint density at radius 3 is 2.20 bits per heavy atom. The van der Waals surface area contributed by atoms with Crippen molar-refractivity contribution < 1.29 is 84.7 Å². The van der Waals surface area contributed by atoms with Crippen LogP contribution in [-0.4, -0.2) is 83.0 Å². The minimum Gasteiger partial charge on any atom is -0.466 e. The first kappa shape index (κ1) is 39.6. The molecule has 3 heterocycles. The van der Waals surface area contributed by atoms with E-state index in [0.717, 1.165) is 29.2 Å². The first-order chi connectivity index (χ1) is 23.6. The monoisotopic (exact) mass is 863 g/mol. The molecular weight excluding hydrogens is 838 g/mol. The molecule has 5 rings (SSSR count). The van der Waals surface area contributed by atoms with E-state index in [1.807, 2.05) is 0 Å². The summed E-state index contributed by atoms with van der Waals surface area (Å²) in [5.74, 6) is 0.403. The third-order valence-electron chi connectivity index (χ3n) is 6.95. The van der Waals surface area contributed by atoms with Gasteiger partial charge >= 0.3 is 37.1 Å². The number of carbonyl (C=O) groups is 1. The number of phosphoric acid groups is 3. The molecule has 0 aliphatic carbocycles. The van der Waals surface area contributed by atoms with Crippen molar-refractivity contribution in [1.82, 2.24) is 10.2 Å². The Balaban J connectivity index is 1.17. The number of urea groups is 1. The standard InChI is InChI=1S/C24H26BrN3O19P4/c25-17-4-2-1-3-16(17)18-9-14-10-27(24(31)26-22(14)43-18)23-21(30)20(29)19(44-23)11-42-49(36,37)46-51(40,41)47-50(38,39)45-48(34,35)12-13-5-7-15(8-6-13)28(32)33/h1-10,19-23,29-30H,11-12H2,(H,26,31)(H,34,35)(H,36,37)(H,38,39)(H,40,41). The Morgan fingerprint density at radius 1 is 0.922 bits per heavy atom. The maximum Gasteiger partial charge on any atom is 0.490 e. The molecule has 2 aromatic rings. The van der Waals surface area contributed by atoms with Gasteiger partial charge in [-0.25, -0.2) is 22.8 Å². The van der Waals surface area contributed by atoms with Crippen LogP contribution >= 0.6 is 47.0 Å². The molecule has 0 saturated carbocycles. The molecule has 0 aromatic heterocycles. The fraction of sp³-hybridized carbons (Fsp3) is 0.292. The van der Waals surface area contributed by atoms with Gasteiger partial charge in [0.1, 0.15) is 24.1 Å². The smallest absolute Gasteiger partial charge is 0.466 e. The number of non-ortho nitro benzene ring substituents is 1. The van der Waals surface area contributed by atoms with Crippen molar-refractivity contribution in [2.45, 2.75) is 36.9 Å². The molecular formula is C24H26BrN3O19P4. The maximum absolute atomic E-state index is 12.9. The zero-order chi connectivity index (χ0) is 37.5. The molecule has 2 aromatic carbocycles. The minimum atomic E-state index is -6.12. The lowest BCUT2D eigenvalue weighted by Gasteiger charge is -2.33. The van der Waals surface area contributed by atoms with Crippen LogP contribution in [0.3, 0.4) is 0 Å². The van der Waals surface area contributed by atoms with Crippen molar-refractivity contribution >= 4 is 64.5 Å². The van der Waals surface area contributed by atoms with Gasteiger partial charge in [0.15, 0.2) is 6.23 Å². The Bertz CT molecular complexity index is 1960. The second-order valence-corrected chi connectivity index (χ2v) is 18.2. The van der Waals surface area contributed by atoms with Gasteiger partial charge in [0.2, 0.25) is 6.23 Å². The Hall–Kier alpha value is -2.65. The number of benzene rings is 2. The molecule has 278 valence electrons. The van der Waals surface area contributed by atoms with Gasteiger partial charge in [-0.05, 0) is 17.7 Å². The average Bonchev–Trinajstić information content (AvgIpc) is 3.53. The number of nitro benzene ring substituents is 1. The number of rotatable bonds is 14. The van der Waals surface area contributed by atoms with Crippen LogP contribution in [0.25, 0.3) is 5.76 Å². The van der Waals surface area contributed by atoms with Gasteiger partial charge in [-0.1, -0.05) is 46.3 Å². The molecule has 0 spiro atoms. The molecule has 1 saturated heterocycles. The number of halogens is 1. The number of hydrogen-bond acceptors (Lipinski definition) is 15. The van der Waals surface area contributed by atoms with E-state index < -0.39 is 85.6 Å². The number of phosphoric ester groups is 1. The molecule has 0 bridgehead atoms. The van der Waals surface area contributed by atoms with Gasteiger partial charge in [0.25, 0.3) is 5.69 Å². The van der Waals surface area contributed by atoms with Crippen LogP contribution in [0.2, 0.25) is 0 Å². The highest BCUT2D eigenvalue weighted by molar-refractivity contribution is 9.10. The zero-order valence-corrected chi connectivity index (χ0v) is 30.3. The van der Waals surface area contributed by atoms with E-state index in [0.29, 0.717) is 21.4 Å². The summed E-state index contributed by atoms with van der Waals surface area (Å²) >= 11 is 3.41. The zero-order valence-electron chi connectivity index (χ0n) is 25.1. The van der Waals surface area contributed by atoms with Crippen molar-refractivity contribution in [2.75, 3.05) is 6.61 Å². The molecule has 2 amide bonds. The Morgan fingerprint density at radius 2 is 1.55 bits per heavy atom. The van der Waals surface area contributed by atoms with Crippen LogP contribution in [0, 0.1) is 10.1 Å². The van der Waals surface area contributed by atoms with E-state index in [4.69, 9.17) is 9.47 Å². The first-order valence-electron chi connectivity index (χ1n) is 13.9. The van der Waals surface area contributed by atoms with Crippen molar-refractivity contribution in [3.63, 3.8) is 0 Å². The number of ether oxygens (including phenoxy) is 2. The number of amides is 2. The largest absolute Gasteiger partial charge is 0.490 e. The maximum atomic E-state index is 12.9. The first-order valence-corrected chi connectivity index (χ1v) is 21.0. The number of aliphatic hydroxyl groups is 2. The highest BCUT2D eigenvalue weighted by atomic mass is 79.9. The number of nitrogens with zero attached hydrogens (tertiary/aromatic N) is 2. The molecule has 27 heteroatoms. The summed E-state index contributed by atoms with van der Waals surface area (Å²) in [7, 11) is -23.1. The van der Waals surface area contributed by atoms with Crippen molar-refractivity contribution in [3.8, 4) is 0 Å². The molecule has 9 atom stereocenters.